The number of carbonyl (C=O) groups excluding carboxylic acids is 2. The van der Waals surface area contributed by atoms with Crippen LogP contribution >= 0.6 is 0 Å². The monoisotopic (exact) mass is 289 g/mol. The van der Waals surface area contributed by atoms with E-state index in [9.17, 15) is 9.59 Å². The summed E-state index contributed by atoms with van der Waals surface area (Å²) in [7, 11) is 0. The first-order chi connectivity index (χ1) is 10.1. The lowest BCUT2D eigenvalue weighted by Gasteiger charge is -2.28. The second kappa shape index (κ2) is 7.11. The fourth-order valence-electron chi connectivity index (χ4n) is 2.95. The molecule has 0 spiro atoms. The topological polar surface area (TPSA) is 89.4 Å². The second-order valence-electron chi connectivity index (χ2n) is 5.63. The molecule has 5 heteroatoms. The summed E-state index contributed by atoms with van der Waals surface area (Å²) in [5.74, 6) is -0.460. The largest absolute Gasteiger partial charge is 0.399 e. The Labute approximate surface area is 125 Å². The fourth-order valence-corrected chi connectivity index (χ4v) is 2.95. The first-order valence-electron chi connectivity index (χ1n) is 7.49. The average Bonchev–Trinajstić information content (AvgIpc) is 2.97. The first kappa shape index (κ1) is 15.4. The molecule has 1 aromatic rings. The van der Waals surface area contributed by atoms with Gasteiger partial charge in [-0.15, -0.1) is 0 Å². The zero-order valence-electron chi connectivity index (χ0n) is 12.3. The van der Waals surface area contributed by atoms with Crippen molar-refractivity contribution in [3.63, 3.8) is 0 Å². The van der Waals surface area contributed by atoms with E-state index in [-0.39, 0.29) is 18.5 Å². The van der Waals surface area contributed by atoms with Crippen molar-refractivity contribution in [3.8, 4) is 0 Å². The van der Waals surface area contributed by atoms with Crippen LogP contribution in [0.25, 0.3) is 0 Å². The molecule has 1 fully saturated rings. The van der Waals surface area contributed by atoms with Gasteiger partial charge in [0.05, 0.1) is 6.54 Å². The van der Waals surface area contributed by atoms with Gasteiger partial charge in [0.15, 0.2) is 0 Å². The maximum absolute atomic E-state index is 12.4. The van der Waals surface area contributed by atoms with Gasteiger partial charge in [0, 0.05) is 18.2 Å². The normalized spacial score (nSPS) is 15.0. The number of rotatable bonds is 6. The van der Waals surface area contributed by atoms with Crippen LogP contribution in [0.5, 0.6) is 0 Å². The predicted molar refractivity (Wildman–Crippen MR) is 82.3 cm³/mol. The van der Waals surface area contributed by atoms with Crippen LogP contribution in [0, 0.1) is 0 Å². The Kier molecular flexibility index (Phi) is 5.20. The highest BCUT2D eigenvalue weighted by Gasteiger charge is 2.27. The van der Waals surface area contributed by atoms with E-state index in [0.29, 0.717) is 18.5 Å². The van der Waals surface area contributed by atoms with E-state index in [4.69, 9.17) is 11.5 Å². The number of carbonyl (C=O) groups is 2. The summed E-state index contributed by atoms with van der Waals surface area (Å²) in [6, 6.07) is 7.71. The maximum atomic E-state index is 12.4. The van der Waals surface area contributed by atoms with Gasteiger partial charge in [0.1, 0.15) is 0 Å². The summed E-state index contributed by atoms with van der Waals surface area (Å²) in [5.41, 5.74) is 12.8. The Morgan fingerprint density at radius 1 is 1.19 bits per heavy atom. The average molecular weight is 289 g/mol. The van der Waals surface area contributed by atoms with E-state index in [1.165, 1.54) is 0 Å². The lowest BCUT2D eigenvalue weighted by molar-refractivity contribution is -0.137. The van der Waals surface area contributed by atoms with Gasteiger partial charge in [-0.3, -0.25) is 9.59 Å². The van der Waals surface area contributed by atoms with E-state index in [1.807, 2.05) is 24.3 Å². The number of aryl methyl sites for hydroxylation is 1. The Hall–Kier alpha value is -2.04. The SMILES string of the molecule is NC(=O)CN(C(=O)CCc1ccccc1N)C1CCCC1. The van der Waals surface area contributed by atoms with Gasteiger partial charge in [-0.2, -0.15) is 0 Å². The third-order valence-corrected chi connectivity index (χ3v) is 4.08. The summed E-state index contributed by atoms with van der Waals surface area (Å²) in [6.45, 7) is 0.0216. The van der Waals surface area contributed by atoms with Crippen molar-refractivity contribution in [3.05, 3.63) is 29.8 Å². The van der Waals surface area contributed by atoms with Crippen molar-refractivity contribution in [2.24, 2.45) is 5.73 Å². The number of primary amides is 1. The molecule has 4 N–H and O–H groups in total. The van der Waals surface area contributed by atoms with Crippen LogP contribution in [-0.4, -0.2) is 29.3 Å². The first-order valence-corrected chi connectivity index (χ1v) is 7.49. The number of nitrogens with two attached hydrogens (primary N) is 2. The third kappa shape index (κ3) is 4.21. The van der Waals surface area contributed by atoms with Gasteiger partial charge < -0.3 is 16.4 Å². The van der Waals surface area contributed by atoms with Crippen LogP contribution in [0.15, 0.2) is 24.3 Å². The molecule has 0 atom stereocenters. The minimum absolute atomic E-state index is 0.0102. The maximum Gasteiger partial charge on any atom is 0.237 e. The van der Waals surface area contributed by atoms with Crippen molar-refractivity contribution < 1.29 is 9.59 Å². The smallest absolute Gasteiger partial charge is 0.237 e. The number of benzene rings is 1. The number of para-hydroxylation sites is 1. The molecule has 0 aliphatic heterocycles. The second-order valence-corrected chi connectivity index (χ2v) is 5.63. The molecule has 21 heavy (non-hydrogen) atoms. The summed E-state index contributed by atoms with van der Waals surface area (Å²) < 4.78 is 0. The molecular formula is C16H23N3O2. The van der Waals surface area contributed by atoms with Gasteiger partial charge in [0.2, 0.25) is 11.8 Å². The Morgan fingerprint density at radius 2 is 1.86 bits per heavy atom. The number of anilines is 1. The molecule has 1 aromatic carbocycles. The molecule has 0 radical (unpaired) electrons. The summed E-state index contributed by atoms with van der Waals surface area (Å²) >= 11 is 0. The Morgan fingerprint density at radius 3 is 2.48 bits per heavy atom. The zero-order valence-corrected chi connectivity index (χ0v) is 12.3. The summed E-state index contributed by atoms with van der Waals surface area (Å²) in [5, 5.41) is 0. The molecule has 0 bridgehead atoms. The number of amides is 2. The van der Waals surface area contributed by atoms with Crippen molar-refractivity contribution in [1.82, 2.24) is 4.90 Å². The van der Waals surface area contributed by atoms with Crippen LogP contribution in [0.4, 0.5) is 5.69 Å². The molecule has 0 heterocycles. The standard InChI is InChI=1S/C16H23N3O2/c17-14-8-4-1-5-12(14)9-10-16(21)19(11-15(18)20)13-6-2-3-7-13/h1,4-5,8,13H,2-3,6-7,9-11,17H2,(H2,18,20). The number of hydrogen-bond acceptors (Lipinski definition) is 3. The molecule has 2 rings (SSSR count). The van der Waals surface area contributed by atoms with Crippen molar-refractivity contribution in [2.75, 3.05) is 12.3 Å². The molecule has 0 aromatic heterocycles. The molecule has 1 saturated carbocycles. The lowest BCUT2D eigenvalue weighted by Crippen LogP contribution is -2.44. The lowest BCUT2D eigenvalue weighted by atomic mass is 10.1. The molecule has 1 aliphatic rings. The summed E-state index contributed by atoms with van der Waals surface area (Å²) in [4.78, 5) is 25.3. The number of hydrogen-bond donors (Lipinski definition) is 2. The van der Waals surface area contributed by atoms with E-state index in [0.717, 1.165) is 31.2 Å². The van der Waals surface area contributed by atoms with Gasteiger partial charge in [-0.1, -0.05) is 31.0 Å². The number of nitrogens with zero attached hydrogens (tertiary/aromatic N) is 1. The quantitative estimate of drug-likeness (QED) is 0.777. The minimum atomic E-state index is -0.450. The molecule has 0 saturated heterocycles. The Balaban J connectivity index is 1.97. The molecule has 1 aliphatic carbocycles. The van der Waals surface area contributed by atoms with E-state index in [1.54, 1.807) is 4.90 Å². The van der Waals surface area contributed by atoms with Crippen molar-refractivity contribution in [2.45, 2.75) is 44.6 Å². The highest BCUT2D eigenvalue weighted by molar-refractivity contribution is 5.84. The van der Waals surface area contributed by atoms with Gasteiger partial charge in [-0.05, 0) is 30.9 Å². The fraction of sp³-hybridized carbons (Fsp3) is 0.500. The van der Waals surface area contributed by atoms with E-state index < -0.39 is 5.91 Å². The highest BCUT2D eigenvalue weighted by Crippen LogP contribution is 2.24. The van der Waals surface area contributed by atoms with Crippen LogP contribution < -0.4 is 11.5 Å². The summed E-state index contributed by atoms with van der Waals surface area (Å²) in [6.07, 6.45) is 5.10. The molecular weight excluding hydrogens is 266 g/mol. The number of nitrogen functional groups attached to an aromatic ring is 1. The van der Waals surface area contributed by atoms with Crippen LogP contribution in [0.3, 0.4) is 0 Å². The zero-order chi connectivity index (χ0) is 15.2. The molecule has 2 amide bonds. The van der Waals surface area contributed by atoms with Crippen molar-refractivity contribution >= 4 is 17.5 Å². The minimum Gasteiger partial charge on any atom is -0.399 e. The molecule has 114 valence electrons. The molecule has 0 unspecified atom stereocenters. The van der Waals surface area contributed by atoms with Gasteiger partial charge in [0.25, 0.3) is 0 Å². The van der Waals surface area contributed by atoms with E-state index >= 15 is 0 Å². The van der Waals surface area contributed by atoms with Gasteiger partial charge in [-0.25, -0.2) is 0 Å². The molecule has 5 nitrogen and oxygen atoms in total. The van der Waals surface area contributed by atoms with Crippen LogP contribution in [0.2, 0.25) is 0 Å². The van der Waals surface area contributed by atoms with Crippen molar-refractivity contribution in [1.29, 1.82) is 0 Å². The predicted octanol–water partition coefficient (Wildman–Crippen LogP) is 1.46. The van der Waals surface area contributed by atoms with Gasteiger partial charge >= 0.3 is 0 Å². The van der Waals surface area contributed by atoms with Crippen LogP contribution in [0.1, 0.15) is 37.7 Å². The third-order valence-electron chi connectivity index (χ3n) is 4.08. The van der Waals surface area contributed by atoms with E-state index in [2.05, 4.69) is 0 Å². The Bertz CT molecular complexity index is 510. The highest BCUT2D eigenvalue weighted by atomic mass is 16.2. The van der Waals surface area contributed by atoms with Crippen LogP contribution in [-0.2, 0) is 16.0 Å².